The van der Waals surface area contributed by atoms with Gasteiger partial charge in [-0.25, -0.2) is 0 Å². The first-order valence-corrected chi connectivity index (χ1v) is 4.10. The number of aliphatic hydroxyl groups excluding tert-OH is 1. The molecular weight excluding hydrogens is 148 g/mol. The third-order valence-corrected chi connectivity index (χ3v) is 1.73. The van der Waals surface area contributed by atoms with Crippen LogP contribution >= 0.6 is 11.6 Å². The summed E-state index contributed by atoms with van der Waals surface area (Å²) in [6.45, 7) is 3.71. The van der Waals surface area contributed by atoms with Crippen molar-refractivity contribution in [1.29, 1.82) is 0 Å². The smallest absolute Gasteiger partial charge is 0.0595 e. The molecule has 0 saturated carbocycles. The van der Waals surface area contributed by atoms with Gasteiger partial charge in [0, 0.05) is 0 Å². The summed E-state index contributed by atoms with van der Waals surface area (Å²) in [5.74, 6) is 0. The number of alkyl halides is 1. The zero-order chi connectivity index (χ0) is 7.82. The normalized spacial score (nSPS) is 13.0. The lowest BCUT2D eigenvalue weighted by Crippen LogP contribution is -2.03. The maximum atomic E-state index is 8.54. The van der Waals surface area contributed by atoms with Crippen LogP contribution in [0.5, 0.6) is 0 Å². The SMILES string of the molecule is C=CCCCCC(Cl)CO. The van der Waals surface area contributed by atoms with E-state index in [-0.39, 0.29) is 12.0 Å². The van der Waals surface area contributed by atoms with Crippen LogP contribution in [0, 0.1) is 0 Å². The van der Waals surface area contributed by atoms with E-state index >= 15 is 0 Å². The lowest BCUT2D eigenvalue weighted by molar-refractivity contribution is 0.286. The summed E-state index contributed by atoms with van der Waals surface area (Å²) >= 11 is 5.67. The molecule has 0 spiro atoms. The van der Waals surface area contributed by atoms with Crippen molar-refractivity contribution in [3.8, 4) is 0 Å². The highest BCUT2D eigenvalue weighted by molar-refractivity contribution is 6.20. The number of hydrogen-bond acceptors (Lipinski definition) is 1. The Labute approximate surface area is 67.7 Å². The maximum Gasteiger partial charge on any atom is 0.0595 e. The lowest BCUT2D eigenvalue weighted by atomic mass is 10.1. The summed E-state index contributed by atoms with van der Waals surface area (Å²) in [6.07, 6.45) is 6.08. The van der Waals surface area contributed by atoms with Gasteiger partial charge in [-0.05, 0) is 19.3 Å². The number of allylic oxidation sites excluding steroid dienone is 1. The zero-order valence-corrected chi connectivity index (χ0v) is 6.98. The second-order valence-electron chi connectivity index (χ2n) is 2.35. The van der Waals surface area contributed by atoms with Crippen molar-refractivity contribution in [3.63, 3.8) is 0 Å². The molecule has 1 atom stereocenters. The van der Waals surface area contributed by atoms with Crippen molar-refractivity contribution in [1.82, 2.24) is 0 Å². The Balaban J connectivity index is 2.95. The van der Waals surface area contributed by atoms with Crippen LogP contribution in [0.1, 0.15) is 25.7 Å². The molecule has 0 aromatic heterocycles. The first-order chi connectivity index (χ1) is 4.81. The van der Waals surface area contributed by atoms with E-state index in [1.54, 1.807) is 0 Å². The Morgan fingerprint density at radius 3 is 2.70 bits per heavy atom. The minimum Gasteiger partial charge on any atom is -0.395 e. The monoisotopic (exact) mass is 162 g/mol. The molecule has 0 bridgehead atoms. The second-order valence-corrected chi connectivity index (χ2v) is 2.97. The van der Waals surface area contributed by atoms with E-state index in [2.05, 4.69) is 6.58 Å². The third-order valence-electron chi connectivity index (χ3n) is 1.37. The molecule has 0 saturated heterocycles. The quantitative estimate of drug-likeness (QED) is 0.361. The van der Waals surface area contributed by atoms with Crippen LogP contribution in [0.4, 0.5) is 0 Å². The molecule has 0 radical (unpaired) electrons. The Bertz CT molecular complexity index is 83.3. The average molecular weight is 163 g/mol. The molecule has 0 aliphatic rings. The van der Waals surface area contributed by atoms with Gasteiger partial charge in [-0.1, -0.05) is 12.5 Å². The third kappa shape index (κ3) is 6.12. The van der Waals surface area contributed by atoms with Gasteiger partial charge in [-0.3, -0.25) is 0 Å². The fraction of sp³-hybridized carbons (Fsp3) is 0.750. The summed E-state index contributed by atoms with van der Waals surface area (Å²) in [5.41, 5.74) is 0. The summed E-state index contributed by atoms with van der Waals surface area (Å²) in [4.78, 5) is 0. The summed E-state index contributed by atoms with van der Waals surface area (Å²) in [5, 5.41) is 8.49. The van der Waals surface area contributed by atoms with Crippen LogP contribution in [0.25, 0.3) is 0 Å². The van der Waals surface area contributed by atoms with Crippen LogP contribution in [-0.4, -0.2) is 17.1 Å². The van der Waals surface area contributed by atoms with Crippen LogP contribution in [-0.2, 0) is 0 Å². The molecule has 0 amide bonds. The molecule has 10 heavy (non-hydrogen) atoms. The van der Waals surface area contributed by atoms with Gasteiger partial charge < -0.3 is 5.11 Å². The van der Waals surface area contributed by atoms with Gasteiger partial charge in [0.05, 0.1) is 12.0 Å². The molecule has 1 nitrogen and oxygen atoms in total. The minimum absolute atomic E-state index is 0.0511. The highest BCUT2D eigenvalue weighted by Crippen LogP contribution is 2.07. The van der Waals surface area contributed by atoms with Crippen molar-refractivity contribution >= 4 is 11.6 Å². The second kappa shape index (κ2) is 7.10. The summed E-state index contributed by atoms with van der Waals surface area (Å²) < 4.78 is 0. The fourth-order valence-corrected chi connectivity index (χ4v) is 0.900. The Morgan fingerprint density at radius 2 is 2.20 bits per heavy atom. The highest BCUT2D eigenvalue weighted by atomic mass is 35.5. The van der Waals surface area contributed by atoms with Gasteiger partial charge in [0.1, 0.15) is 0 Å². The molecule has 0 aliphatic heterocycles. The topological polar surface area (TPSA) is 20.2 Å². The highest BCUT2D eigenvalue weighted by Gasteiger charge is 1.99. The van der Waals surface area contributed by atoms with Gasteiger partial charge in [-0.15, -0.1) is 18.2 Å². The molecule has 0 fully saturated rings. The van der Waals surface area contributed by atoms with E-state index < -0.39 is 0 Å². The van der Waals surface area contributed by atoms with E-state index in [1.807, 2.05) is 6.08 Å². The molecule has 1 unspecified atom stereocenters. The lowest BCUT2D eigenvalue weighted by Gasteiger charge is -2.02. The number of unbranched alkanes of at least 4 members (excludes halogenated alkanes) is 2. The van der Waals surface area contributed by atoms with Crippen molar-refractivity contribution in [2.75, 3.05) is 6.61 Å². The molecule has 2 heteroatoms. The molecule has 0 rings (SSSR count). The van der Waals surface area contributed by atoms with Crippen molar-refractivity contribution in [3.05, 3.63) is 12.7 Å². The molecule has 60 valence electrons. The minimum atomic E-state index is -0.0511. The van der Waals surface area contributed by atoms with Crippen LogP contribution in [0.2, 0.25) is 0 Å². The Morgan fingerprint density at radius 1 is 1.50 bits per heavy atom. The zero-order valence-electron chi connectivity index (χ0n) is 6.22. The molecule has 0 heterocycles. The predicted octanol–water partition coefficient (Wildman–Crippen LogP) is 2.33. The first kappa shape index (κ1) is 9.99. The summed E-state index contributed by atoms with van der Waals surface area (Å²) in [6, 6.07) is 0. The largest absolute Gasteiger partial charge is 0.395 e. The van der Waals surface area contributed by atoms with E-state index in [0.29, 0.717) is 0 Å². The molecule has 0 aliphatic carbocycles. The summed E-state index contributed by atoms with van der Waals surface area (Å²) in [7, 11) is 0. The standard InChI is InChI=1S/C8H15ClO/c1-2-3-4-5-6-8(9)7-10/h2,8,10H,1,3-7H2. The maximum absolute atomic E-state index is 8.54. The van der Waals surface area contributed by atoms with E-state index in [0.717, 1.165) is 25.7 Å². The molecule has 0 aromatic rings. The van der Waals surface area contributed by atoms with Crippen LogP contribution < -0.4 is 0 Å². The predicted molar refractivity (Wildman–Crippen MR) is 45.4 cm³/mol. The van der Waals surface area contributed by atoms with Crippen LogP contribution in [0.15, 0.2) is 12.7 Å². The van der Waals surface area contributed by atoms with Gasteiger partial charge in [0.2, 0.25) is 0 Å². The average Bonchev–Trinajstić information content (AvgIpc) is 1.98. The van der Waals surface area contributed by atoms with E-state index in [4.69, 9.17) is 16.7 Å². The van der Waals surface area contributed by atoms with Gasteiger partial charge in [-0.2, -0.15) is 0 Å². The van der Waals surface area contributed by atoms with Crippen molar-refractivity contribution in [2.24, 2.45) is 0 Å². The fourth-order valence-electron chi connectivity index (χ4n) is 0.746. The molecule has 0 aromatic carbocycles. The number of hydrogen-bond donors (Lipinski definition) is 1. The number of halogens is 1. The molecular formula is C8H15ClO. The van der Waals surface area contributed by atoms with Gasteiger partial charge >= 0.3 is 0 Å². The van der Waals surface area contributed by atoms with Crippen LogP contribution in [0.3, 0.4) is 0 Å². The van der Waals surface area contributed by atoms with Gasteiger partial charge in [0.25, 0.3) is 0 Å². The Kier molecular flexibility index (Phi) is 7.09. The Hall–Kier alpha value is -0.0100. The molecule has 1 N–H and O–H groups in total. The van der Waals surface area contributed by atoms with Crippen molar-refractivity contribution in [2.45, 2.75) is 31.1 Å². The number of rotatable bonds is 6. The van der Waals surface area contributed by atoms with E-state index in [9.17, 15) is 0 Å². The number of aliphatic hydroxyl groups is 1. The van der Waals surface area contributed by atoms with Crippen molar-refractivity contribution < 1.29 is 5.11 Å². The van der Waals surface area contributed by atoms with E-state index in [1.165, 1.54) is 0 Å². The first-order valence-electron chi connectivity index (χ1n) is 3.67. The van der Waals surface area contributed by atoms with Gasteiger partial charge in [0.15, 0.2) is 0 Å².